The average Bonchev–Trinajstić information content (AvgIpc) is 3.90. The molecule has 13 rings (SSSR count). The molecule has 294 valence electrons. The van der Waals surface area contributed by atoms with Crippen LogP contribution in [0.4, 0.5) is 0 Å². The summed E-state index contributed by atoms with van der Waals surface area (Å²) in [4.78, 5) is 0. The Bertz CT molecular complexity index is 3620. The van der Waals surface area contributed by atoms with E-state index in [9.17, 15) is 0 Å². The number of aromatic nitrogens is 1. The fourth-order valence-corrected chi connectivity index (χ4v) is 12.7. The molecule has 0 bridgehead atoms. The SMILES string of the molecule is CC1(C)c2ccccc2-c2ccc(-c3cc(-n4c5ccccc5c5c(-c6cccc7c6CCC(c6ccccc6)c6ccccc6-7)cccc54)cc4c3sc3ccccc34)cc21. The molecular formula is C60H43NS. The number of hydrogen-bond acceptors (Lipinski definition) is 1. The summed E-state index contributed by atoms with van der Waals surface area (Å²) in [6.07, 6.45) is 2.06. The Morgan fingerprint density at radius 2 is 1.15 bits per heavy atom. The highest BCUT2D eigenvalue weighted by atomic mass is 32.1. The smallest absolute Gasteiger partial charge is 0.0547 e. The van der Waals surface area contributed by atoms with Crippen LogP contribution in [0.5, 0.6) is 0 Å². The molecule has 0 N–H and O–H groups in total. The summed E-state index contributed by atoms with van der Waals surface area (Å²) in [5.74, 6) is 0.342. The average molecular weight is 810 g/mol. The number of benzene rings is 9. The molecule has 2 aliphatic rings. The van der Waals surface area contributed by atoms with Gasteiger partial charge in [-0.25, -0.2) is 0 Å². The third-order valence-corrected chi connectivity index (χ3v) is 15.5. The van der Waals surface area contributed by atoms with Gasteiger partial charge in [-0.05, 0) is 116 Å². The Morgan fingerprint density at radius 3 is 2.03 bits per heavy atom. The van der Waals surface area contributed by atoms with E-state index in [0.717, 1.165) is 12.8 Å². The molecule has 0 saturated carbocycles. The molecule has 1 nitrogen and oxygen atoms in total. The van der Waals surface area contributed by atoms with E-state index < -0.39 is 0 Å². The Balaban J connectivity index is 1.04. The maximum Gasteiger partial charge on any atom is 0.0547 e. The summed E-state index contributed by atoms with van der Waals surface area (Å²) in [6, 6.07) is 73.3. The number of para-hydroxylation sites is 1. The maximum absolute atomic E-state index is 2.54. The lowest BCUT2D eigenvalue weighted by molar-refractivity contribution is 0.660. The molecule has 62 heavy (non-hydrogen) atoms. The van der Waals surface area contributed by atoms with Gasteiger partial charge in [0.25, 0.3) is 0 Å². The van der Waals surface area contributed by atoms with Crippen LogP contribution in [-0.2, 0) is 11.8 Å². The van der Waals surface area contributed by atoms with E-state index in [2.05, 4.69) is 213 Å². The molecule has 2 aromatic heterocycles. The highest BCUT2D eigenvalue weighted by Gasteiger charge is 2.35. The van der Waals surface area contributed by atoms with Crippen molar-refractivity contribution < 1.29 is 0 Å². The van der Waals surface area contributed by atoms with Crippen molar-refractivity contribution in [2.75, 3.05) is 0 Å². The second-order valence-corrected chi connectivity index (χ2v) is 18.9. The monoisotopic (exact) mass is 809 g/mol. The number of nitrogens with zero attached hydrogens (tertiary/aromatic N) is 1. The van der Waals surface area contributed by atoms with Crippen LogP contribution in [0.1, 0.15) is 54.0 Å². The molecule has 0 fully saturated rings. The zero-order chi connectivity index (χ0) is 41.1. The minimum Gasteiger partial charge on any atom is -0.309 e. The predicted octanol–water partition coefficient (Wildman–Crippen LogP) is 16.5. The Hall–Kier alpha value is -7.00. The zero-order valence-corrected chi connectivity index (χ0v) is 35.6. The predicted molar refractivity (Wildman–Crippen MR) is 264 cm³/mol. The van der Waals surface area contributed by atoms with Crippen LogP contribution in [0.15, 0.2) is 194 Å². The van der Waals surface area contributed by atoms with Crippen molar-refractivity contribution in [3.63, 3.8) is 0 Å². The highest BCUT2D eigenvalue weighted by molar-refractivity contribution is 7.26. The van der Waals surface area contributed by atoms with Crippen molar-refractivity contribution >= 4 is 53.3 Å². The maximum atomic E-state index is 2.54. The van der Waals surface area contributed by atoms with Crippen molar-refractivity contribution in [2.45, 2.75) is 38.0 Å². The van der Waals surface area contributed by atoms with E-state index in [-0.39, 0.29) is 5.41 Å². The number of fused-ring (bicyclic) bond motifs is 12. The molecule has 11 aromatic rings. The molecule has 1 atom stereocenters. The lowest BCUT2D eigenvalue weighted by Crippen LogP contribution is -2.14. The van der Waals surface area contributed by atoms with Gasteiger partial charge in [0, 0.05) is 53.5 Å². The van der Waals surface area contributed by atoms with E-state index in [0.29, 0.717) is 5.92 Å². The Labute approximate surface area is 366 Å². The summed E-state index contributed by atoms with van der Waals surface area (Å²) >= 11 is 1.92. The van der Waals surface area contributed by atoms with Gasteiger partial charge in [-0.3, -0.25) is 0 Å². The zero-order valence-electron chi connectivity index (χ0n) is 34.8. The topological polar surface area (TPSA) is 4.93 Å². The number of rotatable bonds is 4. The molecule has 0 radical (unpaired) electrons. The summed E-state index contributed by atoms with van der Waals surface area (Å²) in [5.41, 5.74) is 21.2. The van der Waals surface area contributed by atoms with Crippen molar-refractivity contribution in [3.05, 3.63) is 222 Å². The highest BCUT2D eigenvalue weighted by Crippen LogP contribution is 2.52. The lowest BCUT2D eigenvalue weighted by atomic mass is 9.81. The van der Waals surface area contributed by atoms with Crippen LogP contribution >= 0.6 is 11.3 Å². The van der Waals surface area contributed by atoms with Gasteiger partial charge in [-0.1, -0.05) is 172 Å². The largest absolute Gasteiger partial charge is 0.309 e. The molecule has 0 aliphatic heterocycles. The van der Waals surface area contributed by atoms with Crippen LogP contribution in [0.3, 0.4) is 0 Å². The molecule has 0 amide bonds. The second-order valence-electron chi connectivity index (χ2n) is 17.9. The summed E-state index contributed by atoms with van der Waals surface area (Å²) in [7, 11) is 0. The van der Waals surface area contributed by atoms with E-state index in [1.54, 1.807) is 0 Å². The van der Waals surface area contributed by atoms with Gasteiger partial charge in [0.1, 0.15) is 0 Å². The molecule has 9 aromatic carbocycles. The van der Waals surface area contributed by atoms with Gasteiger partial charge in [-0.15, -0.1) is 11.3 Å². The first-order valence-electron chi connectivity index (χ1n) is 22.0. The third-order valence-electron chi connectivity index (χ3n) is 14.3. The molecular weight excluding hydrogens is 767 g/mol. The van der Waals surface area contributed by atoms with E-state index in [1.807, 2.05) is 11.3 Å². The standard InChI is InChI=1S/C60H43NS/c1-60(2)53-26-11-8-20-46(53)47-31-30-38(34-54(47)60)51-35-39(36-52-48-21-10-13-29-57(48)62-59(51)52)61-55-27-12-9-22-50(55)58-49(25-15-28-56(58)61)44-24-14-23-43-42-19-7-6-18-41(42)40(32-33-45(43)44)37-16-4-3-5-17-37/h3-31,34-36,40H,32-33H2,1-2H3. The summed E-state index contributed by atoms with van der Waals surface area (Å²) < 4.78 is 5.20. The normalized spacial score (nSPS) is 15.1. The fraction of sp³-hybridized carbons (Fsp3) is 0.100. The van der Waals surface area contributed by atoms with Gasteiger partial charge in [-0.2, -0.15) is 0 Å². The van der Waals surface area contributed by atoms with Crippen LogP contribution in [-0.4, -0.2) is 4.57 Å². The van der Waals surface area contributed by atoms with E-state index in [4.69, 9.17) is 0 Å². The number of thiophene rings is 1. The van der Waals surface area contributed by atoms with Crippen LogP contribution in [0, 0.1) is 0 Å². The molecule has 0 spiro atoms. The van der Waals surface area contributed by atoms with Crippen LogP contribution < -0.4 is 0 Å². The third kappa shape index (κ3) is 5.14. The van der Waals surface area contributed by atoms with Gasteiger partial charge in [0.2, 0.25) is 0 Å². The summed E-state index contributed by atoms with van der Waals surface area (Å²) in [5, 5.41) is 5.21. The van der Waals surface area contributed by atoms with Gasteiger partial charge in [0.15, 0.2) is 0 Å². The Kier molecular flexibility index (Phi) is 7.78. The van der Waals surface area contributed by atoms with Crippen molar-refractivity contribution in [1.29, 1.82) is 0 Å². The first-order valence-corrected chi connectivity index (χ1v) is 22.8. The Morgan fingerprint density at radius 1 is 0.484 bits per heavy atom. The van der Waals surface area contributed by atoms with Crippen LogP contribution in [0.2, 0.25) is 0 Å². The molecule has 2 heterocycles. The minimum absolute atomic E-state index is 0.0811. The van der Waals surface area contributed by atoms with Crippen LogP contribution in [0.25, 0.3) is 92.2 Å². The number of hydrogen-bond donors (Lipinski definition) is 0. The lowest BCUT2D eigenvalue weighted by Gasteiger charge is -2.22. The quantitative estimate of drug-likeness (QED) is 0.167. The van der Waals surface area contributed by atoms with E-state index >= 15 is 0 Å². The molecule has 2 aliphatic carbocycles. The minimum atomic E-state index is -0.0811. The molecule has 1 unspecified atom stereocenters. The van der Waals surface area contributed by atoms with E-state index in [1.165, 1.54) is 120 Å². The fourth-order valence-electron chi connectivity index (χ4n) is 11.4. The second kappa shape index (κ2) is 13.5. The first kappa shape index (κ1) is 35.7. The van der Waals surface area contributed by atoms with Crippen molar-refractivity contribution in [2.24, 2.45) is 0 Å². The molecule has 0 saturated heterocycles. The van der Waals surface area contributed by atoms with Gasteiger partial charge < -0.3 is 4.57 Å². The molecule has 2 heteroatoms. The van der Waals surface area contributed by atoms with Gasteiger partial charge >= 0.3 is 0 Å². The van der Waals surface area contributed by atoms with Gasteiger partial charge in [0.05, 0.1) is 11.0 Å². The first-order chi connectivity index (χ1) is 30.5. The van der Waals surface area contributed by atoms with Crippen molar-refractivity contribution in [1.82, 2.24) is 4.57 Å². The summed E-state index contributed by atoms with van der Waals surface area (Å²) in [6.45, 7) is 4.77. The van der Waals surface area contributed by atoms with Crippen molar-refractivity contribution in [3.8, 4) is 50.2 Å².